The molecule has 2 aliphatic rings. The molecule has 0 saturated carbocycles. The molecule has 0 radical (unpaired) electrons. The first kappa shape index (κ1) is 21.7. The zero-order valence-corrected chi connectivity index (χ0v) is 18.3. The number of ether oxygens (including phenoxy) is 1. The maximum absolute atomic E-state index is 13.0. The normalized spacial score (nSPS) is 20.4. The van der Waals surface area contributed by atoms with E-state index in [-0.39, 0.29) is 22.8 Å². The SMILES string of the molecule is Cc1cc(C(=O)N2CCN(C(=O)C3CCCO3)CC2)cc(S(=O)(=O)N(C)C)c1C. The van der Waals surface area contributed by atoms with E-state index in [1.165, 1.54) is 20.2 Å². The molecule has 9 heteroatoms. The van der Waals surface area contributed by atoms with E-state index < -0.39 is 10.0 Å². The number of aryl methyl sites for hydroxylation is 1. The van der Waals surface area contributed by atoms with E-state index in [0.717, 1.165) is 22.7 Å². The number of sulfonamides is 1. The third kappa shape index (κ3) is 4.31. The number of carbonyl (C=O) groups excluding carboxylic acids is 2. The third-order valence-electron chi connectivity index (χ3n) is 5.71. The van der Waals surface area contributed by atoms with Gasteiger partial charge < -0.3 is 14.5 Å². The van der Waals surface area contributed by atoms with E-state index >= 15 is 0 Å². The van der Waals surface area contributed by atoms with Gasteiger partial charge in [-0.2, -0.15) is 0 Å². The van der Waals surface area contributed by atoms with Crippen molar-refractivity contribution in [3.63, 3.8) is 0 Å². The number of carbonyl (C=O) groups is 2. The molecule has 0 aliphatic carbocycles. The highest BCUT2D eigenvalue weighted by Crippen LogP contribution is 2.24. The molecule has 2 aliphatic heterocycles. The smallest absolute Gasteiger partial charge is 0.254 e. The molecule has 0 bridgehead atoms. The Bertz CT molecular complexity index is 899. The van der Waals surface area contributed by atoms with Gasteiger partial charge in [0.25, 0.3) is 11.8 Å². The molecule has 1 aromatic carbocycles. The average Bonchev–Trinajstić information content (AvgIpc) is 3.23. The van der Waals surface area contributed by atoms with Gasteiger partial charge in [0.05, 0.1) is 4.90 Å². The lowest BCUT2D eigenvalue weighted by molar-refractivity contribution is -0.142. The summed E-state index contributed by atoms with van der Waals surface area (Å²) < 4.78 is 31.9. The van der Waals surface area contributed by atoms with Gasteiger partial charge in [0.1, 0.15) is 6.10 Å². The quantitative estimate of drug-likeness (QED) is 0.722. The lowest BCUT2D eigenvalue weighted by Crippen LogP contribution is -2.52. The average molecular weight is 424 g/mol. The number of hydrogen-bond donors (Lipinski definition) is 0. The molecule has 29 heavy (non-hydrogen) atoms. The highest BCUT2D eigenvalue weighted by molar-refractivity contribution is 7.89. The molecule has 0 N–H and O–H groups in total. The van der Waals surface area contributed by atoms with Crippen molar-refractivity contribution in [3.8, 4) is 0 Å². The first-order valence-corrected chi connectivity index (χ1v) is 11.3. The maximum Gasteiger partial charge on any atom is 0.254 e. The van der Waals surface area contributed by atoms with E-state index in [0.29, 0.717) is 43.9 Å². The van der Waals surface area contributed by atoms with Gasteiger partial charge in [-0.1, -0.05) is 0 Å². The van der Waals surface area contributed by atoms with Crippen LogP contribution in [0.15, 0.2) is 17.0 Å². The Morgan fingerprint density at radius 1 is 1.07 bits per heavy atom. The van der Waals surface area contributed by atoms with Gasteiger partial charge in [0, 0.05) is 52.4 Å². The number of rotatable bonds is 4. The van der Waals surface area contributed by atoms with Crippen LogP contribution >= 0.6 is 0 Å². The highest BCUT2D eigenvalue weighted by atomic mass is 32.2. The van der Waals surface area contributed by atoms with Crippen LogP contribution in [-0.2, 0) is 19.6 Å². The topological polar surface area (TPSA) is 87.2 Å². The van der Waals surface area contributed by atoms with Crippen molar-refractivity contribution in [2.75, 3.05) is 46.9 Å². The fourth-order valence-corrected chi connectivity index (χ4v) is 4.92. The van der Waals surface area contributed by atoms with Gasteiger partial charge >= 0.3 is 0 Å². The summed E-state index contributed by atoms with van der Waals surface area (Å²) in [4.78, 5) is 29.1. The van der Waals surface area contributed by atoms with Crippen molar-refractivity contribution in [2.45, 2.75) is 37.7 Å². The van der Waals surface area contributed by atoms with Gasteiger partial charge in [0.2, 0.25) is 10.0 Å². The molecule has 2 saturated heterocycles. The van der Waals surface area contributed by atoms with E-state index in [9.17, 15) is 18.0 Å². The summed E-state index contributed by atoms with van der Waals surface area (Å²) in [6.07, 6.45) is 1.31. The zero-order chi connectivity index (χ0) is 21.3. The van der Waals surface area contributed by atoms with Crippen molar-refractivity contribution < 1.29 is 22.7 Å². The van der Waals surface area contributed by atoms with Crippen LogP contribution in [0.5, 0.6) is 0 Å². The summed E-state index contributed by atoms with van der Waals surface area (Å²) in [5.41, 5.74) is 1.75. The van der Waals surface area contributed by atoms with Crippen LogP contribution in [0.25, 0.3) is 0 Å². The molecule has 2 fully saturated rings. The van der Waals surface area contributed by atoms with E-state index in [2.05, 4.69) is 0 Å². The minimum absolute atomic E-state index is 0.000131. The monoisotopic (exact) mass is 423 g/mol. The number of benzene rings is 1. The second-order valence-corrected chi connectivity index (χ2v) is 9.94. The van der Waals surface area contributed by atoms with Gasteiger partial charge in [-0.15, -0.1) is 0 Å². The van der Waals surface area contributed by atoms with Gasteiger partial charge in [-0.3, -0.25) is 9.59 Å². The summed E-state index contributed by atoms with van der Waals surface area (Å²) in [6, 6.07) is 3.19. The minimum Gasteiger partial charge on any atom is -0.368 e. The van der Waals surface area contributed by atoms with E-state index in [1.807, 2.05) is 0 Å². The number of amides is 2. The zero-order valence-electron chi connectivity index (χ0n) is 17.5. The fraction of sp³-hybridized carbons (Fsp3) is 0.600. The van der Waals surface area contributed by atoms with Crippen molar-refractivity contribution in [1.29, 1.82) is 0 Å². The molecule has 1 unspecified atom stereocenters. The summed E-state index contributed by atoms with van der Waals surface area (Å²) in [5, 5.41) is 0. The van der Waals surface area contributed by atoms with Gasteiger partial charge in [-0.25, -0.2) is 12.7 Å². The molecule has 1 atom stereocenters. The van der Waals surface area contributed by atoms with E-state index in [4.69, 9.17) is 4.74 Å². The Labute approximate surface area is 172 Å². The molecule has 0 spiro atoms. The van der Waals surface area contributed by atoms with Crippen LogP contribution in [0.3, 0.4) is 0 Å². The van der Waals surface area contributed by atoms with Gasteiger partial charge in [-0.05, 0) is 49.9 Å². The molecule has 1 aromatic rings. The van der Waals surface area contributed by atoms with Crippen molar-refractivity contribution in [3.05, 3.63) is 28.8 Å². The predicted octanol–water partition coefficient (Wildman–Crippen LogP) is 1.02. The first-order valence-electron chi connectivity index (χ1n) is 9.86. The molecule has 8 nitrogen and oxygen atoms in total. The first-order chi connectivity index (χ1) is 13.6. The van der Waals surface area contributed by atoms with Crippen molar-refractivity contribution >= 4 is 21.8 Å². The van der Waals surface area contributed by atoms with E-state index in [1.54, 1.807) is 29.7 Å². The molecule has 3 rings (SSSR count). The number of nitrogens with zero attached hydrogens (tertiary/aromatic N) is 3. The Morgan fingerprint density at radius 3 is 2.24 bits per heavy atom. The largest absolute Gasteiger partial charge is 0.368 e. The second kappa shape index (κ2) is 8.41. The molecule has 2 heterocycles. The number of piperazine rings is 1. The van der Waals surface area contributed by atoms with Crippen molar-refractivity contribution in [2.24, 2.45) is 0 Å². The maximum atomic E-state index is 13.0. The second-order valence-electron chi connectivity index (χ2n) is 7.82. The Morgan fingerprint density at radius 2 is 1.69 bits per heavy atom. The summed E-state index contributed by atoms with van der Waals surface area (Å²) in [5.74, 6) is -0.215. The van der Waals surface area contributed by atoms with Gasteiger partial charge in [0.15, 0.2) is 0 Å². The van der Waals surface area contributed by atoms with Crippen LogP contribution in [0.2, 0.25) is 0 Å². The van der Waals surface area contributed by atoms with Crippen LogP contribution in [-0.4, -0.2) is 87.3 Å². The van der Waals surface area contributed by atoms with Crippen molar-refractivity contribution in [1.82, 2.24) is 14.1 Å². The fourth-order valence-electron chi connectivity index (χ4n) is 3.70. The lowest BCUT2D eigenvalue weighted by Gasteiger charge is -2.36. The van der Waals surface area contributed by atoms with Crippen LogP contribution < -0.4 is 0 Å². The molecule has 2 amide bonds. The standard InChI is InChI=1S/C20H29N3O5S/c1-14-12-16(13-18(15(14)2)29(26,27)21(3)4)19(24)22-7-9-23(10-8-22)20(25)17-6-5-11-28-17/h12-13,17H,5-11H2,1-4H3. The Hall–Kier alpha value is -1.97. The molecule has 0 aromatic heterocycles. The molecular formula is C20H29N3O5S. The third-order valence-corrected chi connectivity index (χ3v) is 7.65. The lowest BCUT2D eigenvalue weighted by atomic mass is 10.0. The summed E-state index contributed by atoms with van der Waals surface area (Å²) >= 11 is 0. The summed E-state index contributed by atoms with van der Waals surface area (Å²) in [6.45, 7) is 5.92. The minimum atomic E-state index is -3.65. The van der Waals surface area contributed by atoms with Crippen LogP contribution in [0.1, 0.15) is 34.3 Å². The highest BCUT2D eigenvalue weighted by Gasteiger charge is 2.32. The molecular weight excluding hydrogens is 394 g/mol. The Kier molecular flexibility index (Phi) is 6.30. The van der Waals surface area contributed by atoms with Crippen LogP contribution in [0, 0.1) is 13.8 Å². The molecule has 160 valence electrons. The summed E-state index contributed by atoms with van der Waals surface area (Å²) in [7, 11) is -0.700. The Balaban J connectivity index is 1.74. The van der Waals surface area contributed by atoms with Crippen LogP contribution in [0.4, 0.5) is 0 Å². The predicted molar refractivity (Wildman–Crippen MR) is 108 cm³/mol. The number of hydrogen-bond acceptors (Lipinski definition) is 5.